The zero-order chi connectivity index (χ0) is 12.5. The van der Waals surface area contributed by atoms with E-state index < -0.39 is 0 Å². The number of nitrogens with one attached hydrogen (secondary N) is 1. The van der Waals surface area contributed by atoms with Crippen molar-refractivity contribution in [3.8, 4) is 0 Å². The summed E-state index contributed by atoms with van der Waals surface area (Å²) in [6, 6.07) is 8.94. The van der Waals surface area contributed by atoms with Crippen LogP contribution in [0.1, 0.15) is 41.3 Å². The van der Waals surface area contributed by atoms with Crippen molar-refractivity contribution in [3.63, 3.8) is 0 Å². The number of anilines is 1. The molecule has 1 aromatic heterocycles. The van der Waals surface area contributed by atoms with Gasteiger partial charge in [0, 0.05) is 17.7 Å². The number of hydrogen-bond acceptors (Lipinski definition) is 2. The van der Waals surface area contributed by atoms with E-state index in [1.165, 1.54) is 35.2 Å². The highest BCUT2D eigenvalue weighted by Crippen LogP contribution is 2.34. The monoisotopic (exact) mass is 241 g/mol. The fourth-order valence-electron chi connectivity index (χ4n) is 2.73. The summed E-state index contributed by atoms with van der Waals surface area (Å²) in [5, 5.41) is 3.67. The Morgan fingerprint density at radius 2 is 2.11 bits per heavy atom. The molecule has 0 saturated heterocycles. The predicted octanol–water partition coefficient (Wildman–Crippen LogP) is 4.39. The standard InChI is InChI=1S/C16H19NO/c1-11-5-3-6-14(12(11)2)17-15-7-4-8-16-13(15)9-10-18-16/h3,5-6,9-10,15,17H,4,7-8H2,1-2H3. The lowest BCUT2D eigenvalue weighted by Crippen LogP contribution is -2.16. The Hall–Kier alpha value is -1.70. The Bertz CT molecular complexity index is 556. The quantitative estimate of drug-likeness (QED) is 0.843. The van der Waals surface area contributed by atoms with Crippen LogP contribution in [-0.4, -0.2) is 0 Å². The topological polar surface area (TPSA) is 25.2 Å². The van der Waals surface area contributed by atoms with Crippen LogP contribution in [0, 0.1) is 13.8 Å². The molecule has 2 nitrogen and oxygen atoms in total. The molecule has 0 aliphatic heterocycles. The number of furan rings is 1. The second-order valence-corrected chi connectivity index (χ2v) is 5.14. The number of fused-ring (bicyclic) bond motifs is 1. The summed E-state index contributed by atoms with van der Waals surface area (Å²) in [6.45, 7) is 4.33. The molecule has 1 N–H and O–H groups in total. The first kappa shape index (κ1) is 11.4. The molecule has 0 saturated carbocycles. The summed E-state index contributed by atoms with van der Waals surface area (Å²) in [5.41, 5.74) is 5.26. The molecule has 0 amide bonds. The summed E-state index contributed by atoms with van der Waals surface area (Å²) in [7, 11) is 0. The van der Waals surface area contributed by atoms with E-state index in [4.69, 9.17) is 4.42 Å². The van der Waals surface area contributed by atoms with Gasteiger partial charge in [0.05, 0.1) is 12.3 Å². The summed E-state index contributed by atoms with van der Waals surface area (Å²) in [5.74, 6) is 1.16. The Morgan fingerprint density at radius 1 is 1.22 bits per heavy atom. The molecule has 0 spiro atoms. The van der Waals surface area contributed by atoms with Gasteiger partial charge in [0.1, 0.15) is 5.76 Å². The molecule has 1 aliphatic carbocycles. The van der Waals surface area contributed by atoms with Gasteiger partial charge < -0.3 is 9.73 Å². The number of rotatable bonds is 2. The average Bonchev–Trinajstić information content (AvgIpc) is 2.84. The highest BCUT2D eigenvalue weighted by Gasteiger charge is 2.22. The van der Waals surface area contributed by atoms with Gasteiger partial charge in [0.25, 0.3) is 0 Å². The van der Waals surface area contributed by atoms with Gasteiger partial charge in [-0.1, -0.05) is 12.1 Å². The van der Waals surface area contributed by atoms with E-state index in [0.29, 0.717) is 6.04 Å². The van der Waals surface area contributed by atoms with Crippen molar-refractivity contribution in [2.45, 2.75) is 39.2 Å². The van der Waals surface area contributed by atoms with Crippen LogP contribution in [-0.2, 0) is 6.42 Å². The molecule has 1 atom stereocenters. The highest BCUT2D eigenvalue weighted by molar-refractivity contribution is 5.55. The highest BCUT2D eigenvalue weighted by atomic mass is 16.3. The number of aryl methyl sites for hydroxylation is 2. The fraction of sp³-hybridized carbons (Fsp3) is 0.375. The van der Waals surface area contributed by atoms with Gasteiger partial charge in [-0.3, -0.25) is 0 Å². The molecule has 3 rings (SSSR count). The van der Waals surface area contributed by atoms with E-state index >= 15 is 0 Å². The average molecular weight is 241 g/mol. The lowest BCUT2D eigenvalue weighted by molar-refractivity contribution is 0.461. The molecule has 18 heavy (non-hydrogen) atoms. The van der Waals surface area contributed by atoms with Gasteiger partial charge in [-0.15, -0.1) is 0 Å². The number of benzene rings is 1. The van der Waals surface area contributed by atoms with Crippen LogP contribution < -0.4 is 5.32 Å². The lowest BCUT2D eigenvalue weighted by atomic mass is 9.93. The Kier molecular flexibility index (Phi) is 2.86. The predicted molar refractivity (Wildman–Crippen MR) is 73.9 cm³/mol. The largest absolute Gasteiger partial charge is 0.469 e. The smallest absolute Gasteiger partial charge is 0.109 e. The minimum Gasteiger partial charge on any atom is -0.469 e. The molecular weight excluding hydrogens is 222 g/mol. The SMILES string of the molecule is Cc1cccc(NC2CCCc3occc32)c1C. The maximum absolute atomic E-state index is 5.54. The molecule has 0 bridgehead atoms. The minimum atomic E-state index is 0.396. The molecule has 1 aliphatic rings. The van der Waals surface area contributed by atoms with E-state index in [1.807, 2.05) is 6.26 Å². The molecule has 0 fully saturated rings. The van der Waals surface area contributed by atoms with E-state index in [0.717, 1.165) is 12.2 Å². The van der Waals surface area contributed by atoms with E-state index in [-0.39, 0.29) is 0 Å². The third-order valence-corrected chi connectivity index (χ3v) is 3.99. The van der Waals surface area contributed by atoms with Crippen LogP contribution in [0.15, 0.2) is 34.9 Å². The van der Waals surface area contributed by atoms with Crippen molar-refractivity contribution in [3.05, 3.63) is 53.0 Å². The second-order valence-electron chi connectivity index (χ2n) is 5.14. The van der Waals surface area contributed by atoms with Gasteiger partial charge in [0.2, 0.25) is 0 Å². The second kappa shape index (κ2) is 4.52. The van der Waals surface area contributed by atoms with Crippen molar-refractivity contribution in [2.75, 3.05) is 5.32 Å². The number of hydrogen-bond donors (Lipinski definition) is 1. The van der Waals surface area contributed by atoms with Gasteiger partial charge in [0.15, 0.2) is 0 Å². The Balaban J connectivity index is 1.88. The maximum Gasteiger partial charge on any atom is 0.109 e. The third-order valence-electron chi connectivity index (χ3n) is 3.99. The van der Waals surface area contributed by atoms with Gasteiger partial charge in [-0.05, 0) is 49.9 Å². The summed E-state index contributed by atoms with van der Waals surface area (Å²) < 4.78 is 5.54. The molecular formula is C16H19NO. The van der Waals surface area contributed by atoms with Gasteiger partial charge in [-0.25, -0.2) is 0 Å². The van der Waals surface area contributed by atoms with Crippen molar-refractivity contribution >= 4 is 5.69 Å². The first-order valence-corrected chi connectivity index (χ1v) is 6.65. The fourth-order valence-corrected chi connectivity index (χ4v) is 2.73. The minimum absolute atomic E-state index is 0.396. The summed E-state index contributed by atoms with van der Waals surface area (Å²) in [4.78, 5) is 0. The van der Waals surface area contributed by atoms with Gasteiger partial charge in [-0.2, -0.15) is 0 Å². The molecule has 2 aromatic rings. The summed E-state index contributed by atoms with van der Waals surface area (Å²) >= 11 is 0. The Labute approximate surface area is 108 Å². The molecule has 94 valence electrons. The van der Waals surface area contributed by atoms with E-state index in [2.05, 4.69) is 43.4 Å². The van der Waals surface area contributed by atoms with Crippen LogP contribution in [0.25, 0.3) is 0 Å². The first-order valence-electron chi connectivity index (χ1n) is 6.65. The maximum atomic E-state index is 5.54. The van der Waals surface area contributed by atoms with Crippen LogP contribution >= 0.6 is 0 Å². The van der Waals surface area contributed by atoms with Crippen LogP contribution in [0.3, 0.4) is 0 Å². The van der Waals surface area contributed by atoms with Crippen LogP contribution in [0.4, 0.5) is 5.69 Å². The molecule has 1 heterocycles. The van der Waals surface area contributed by atoms with Crippen molar-refractivity contribution in [2.24, 2.45) is 0 Å². The zero-order valence-electron chi connectivity index (χ0n) is 11.0. The van der Waals surface area contributed by atoms with Crippen LogP contribution in [0.2, 0.25) is 0 Å². The molecule has 1 unspecified atom stereocenters. The van der Waals surface area contributed by atoms with Crippen molar-refractivity contribution < 1.29 is 4.42 Å². The van der Waals surface area contributed by atoms with Gasteiger partial charge >= 0.3 is 0 Å². The summed E-state index contributed by atoms with van der Waals surface area (Å²) in [6.07, 6.45) is 5.27. The molecule has 0 radical (unpaired) electrons. The van der Waals surface area contributed by atoms with Crippen molar-refractivity contribution in [1.82, 2.24) is 0 Å². The molecule has 1 aromatic carbocycles. The first-order chi connectivity index (χ1) is 8.75. The normalized spacial score (nSPS) is 18.4. The lowest BCUT2D eigenvalue weighted by Gasteiger charge is -2.25. The Morgan fingerprint density at radius 3 is 3.00 bits per heavy atom. The van der Waals surface area contributed by atoms with Crippen molar-refractivity contribution in [1.29, 1.82) is 0 Å². The van der Waals surface area contributed by atoms with Crippen LogP contribution in [0.5, 0.6) is 0 Å². The van der Waals surface area contributed by atoms with E-state index in [9.17, 15) is 0 Å². The third kappa shape index (κ3) is 1.92. The molecule has 2 heteroatoms. The van der Waals surface area contributed by atoms with E-state index in [1.54, 1.807) is 0 Å². The zero-order valence-corrected chi connectivity index (χ0v) is 11.0.